The van der Waals surface area contributed by atoms with Crippen LogP contribution in [-0.2, 0) is 20.9 Å². The van der Waals surface area contributed by atoms with Crippen molar-refractivity contribution in [1.29, 1.82) is 0 Å². The van der Waals surface area contributed by atoms with Crippen molar-refractivity contribution >= 4 is 11.8 Å². The molecule has 3 saturated heterocycles. The molecule has 0 aliphatic carbocycles. The monoisotopic (exact) mass is 402 g/mol. The summed E-state index contributed by atoms with van der Waals surface area (Å²) in [6.45, 7) is 8.12. The Morgan fingerprint density at radius 1 is 1.24 bits per heavy atom. The summed E-state index contributed by atoms with van der Waals surface area (Å²) in [6.07, 6.45) is 5.74. The molecule has 3 fully saturated rings. The van der Waals surface area contributed by atoms with Gasteiger partial charge in [-0.25, -0.2) is 0 Å². The second kappa shape index (κ2) is 8.09. The number of nitrogens with zero attached hydrogens (tertiary/aromatic N) is 3. The van der Waals surface area contributed by atoms with Crippen LogP contribution >= 0.6 is 0 Å². The first kappa shape index (κ1) is 20.4. The maximum Gasteiger partial charge on any atom is 0.228 e. The average Bonchev–Trinajstić information content (AvgIpc) is 3.37. The molecule has 160 valence electrons. The van der Waals surface area contributed by atoms with Crippen molar-refractivity contribution < 1.29 is 14.3 Å². The summed E-state index contributed by atoms with van der Waals surface area (Å²) in [6, 6.07) is 2.47. The first-order chi connectivity index (χ1) is 13.9. The van der Waals surface area contributed by atoms with Gasteiger partial charge in [-0.3, -0.25) is 14.3 Å². The van der Waals surface area contributed by atoms with E-state index in [1.165, 1.54) is 0 Å². The number of carbonyl (C=O) groups excluding carboxylic acids is 2. The number of rotatable bonds is 6. The minimum Gasteiger partial charge on any atom is -0.381 e. The number of aryl methyl sites for hydroxylation is 3. The molecule has 3 aliphatic rings. The molecule has 0 spiro atoms. The zero-order chi connectivity index (χ0) is 20.6. The second-order valence-electron chi connectivity index (χ2n) is 9.02. The number of hydrogen-bond donors (Lipinski definition) is 1. The smallest absolute Gasteiger partial charge is 0.228 e. The number of amides is 2. The van der Waals surface area contributed by atoms with Crippen LogP contribution in [0, 0.1) is 19.3 Å². The Balaban J connectivity index is 1.43. The lowest BCUT2D eigenvalue weighted by Crippen LogP contribution is -2.52. The number of hydrogen-bond acceptors (Lipinski definition) is 4. The molecule has 3 atom stereocenters. The summed E-state index contributed by atoms with van der Waals surface area (Å²) in [4.78, 5) is 28.6. The number of fused-ring (bicyclic) bond motifs is 2. The van der Waals surface area contributed by atoms with Crippen molar-refractivity contribution in [2.45, 2.75) is 90.4 Å². The van der Waals surface area contributed by atoms with E-state index in [1.54, 1.807) is 0 Å². The van der Waals surface area contributed by atoms with Gasteiger partial charge in [-0.1, -0.05) is 6.92 Å². The van der Waals surface area contributed by atoms with E-state index < -0.39 is 5.41 Å². The minimum atomic E-state index is -0.435. The predicted molar refractivity (Wildman–Crippen MR) is 109 cm³/mol. The normalized spacial score (nSPS) is 29.4. The number of nitrogens with one attached hydrogen (secondary N) is 1. The van der Waals surface area contributed by atoms with Crippen LogP contribution in [0.15, 0.2) is 6.07 Å². The van der Waals surface area contributed by atoms with Crippen LogP contribution in [0.4, 0.5) is 0 Å². The first-order valence-electron chi connectivity index (χ1n) is 11.2. The van der Waals surface area contributed by atoms with Gasteiger partial charge < -0.3 is 15.0 Å². The Morgan fingerprint density at radius 2 is 2.00 bits per heavy atom. The highest BCUT2D eigenvalue weighted by Crippen LogP contribution is 2.52. The van der Waals surface area contributed by atoms with E-state index in [2.05, 4.69) is 22.2 Å². The molecule has 0 aromatic carbocycles. The third kappa shape index (κ3) is 3.69. The lowest BCUT2D eigenvalue weighted by atomic mass is 9.71. The van der Waals surface area contributed by atoms with Crippen LogP contribution in [0.3, 0.4) is 0 Å². The summed E-state index contributed by atoms with van der Waals surface area (Å²) in [5.74, 6) is 0.315. The quantitative estimate of drug-likeness (QED) is 0.792. The third-order valence-corrected chi connectivity index (χ3v) is 7.31. The largest absolute Gasteiger partial charge is 0.381 e. The Bertz CT molecular complexity index is 770. The Labute approximate surface area is 173 Å². The Hall–Kier alpha value is -1.89. The summed E-state index contributed by atoms with van der Waals surface area (Å²) in [5, 5.41) is 7.77. The first-order valence-corrected chi connectivity index (χ1v) is 11.2. The second-order valence-corrected chi connectivity index (χ2v) is 9.02. The van der Waals surface area contributed by atoms with Gasteiger partial charge >= 0.3 is 0 Å². The predicted octanol–water partition coefficient (Wildman–Crippen LogP) is 2.34. The molecule has 7 nitrogen and oxygen atoms in total. The van der Waals surface area contributed by atoms with E-state index in [-0.39, 0.29) is 29.9 Å². The molecule has 2 bridgehead atoms. The Kier molecular flexibility index (Phi) is 5.69. The van der Waals surface area contributed by atoms with Gasteiger partial charge in [0, 0.05) is 50.0 Å². The number of ether oxygens (including phenoxy) is 1. The fourth-order valence-electron chi connectivity index (χ4n) is 5.75. The van der Waals surface area contributed by atoms with Gasteiger partial charge in [0.15, 0.2) is 0 Å². The SMILES string of the molecule is CC[C@]1(C(=O)NC2CCOCC2)C[C@H]2CC[C@@H]1N2C(=O)CCn1nc(C)cc1C. The van der Waals surface area contributed by atoms with E-state index >= 15 is 0 Å². The standard InChI is InChI=1S/C22H34N4O3/c1-4-22(21(28)23-17-8-11-29-12-9-17)14-18-5-6-19(22)26(18)20(27)7-10-25-16(3)13-15(2)24-25/h13,17-19H,4-12,14H2,1-3H3,(H,23,28)/t18-,19+,22+/m1/s1. The lowest BCUT2D eigenvalue weighted by molar-refractivity contribution is -0.137. The van der Waals surface area contributed by atoms with Gasteiger partial charge in [0.1, 0.15) is 0 Å². The molecule has 1 N–H and O–H groups in total. The molecule has 2 amide bonds. The molecule has 0 radical (unpaired) electrons. The maximum absolute atomic E-state index is 13.3. The molecule has 0 saturated carbocycles. The van der Waals surface area contributed by atoms with Gasteiger partial charge in [0.05, 0.1) is 11.1 Å². The van der Waals surface area contributed by atoms with Crippen LogP contribution in [0.5, 0.6) is 0 Å². The molecule has 3 aliphatic heterocycles. The molecular formula is C22H34N4O3. The van der Waals surface area contributed by atoms with E-state index in [4.69, 9.17) is 4.74 Å². The fraction of sp³-hybridized carbons (Fsp3) is 0.773. The van der Waals surface area contributed by atoms with E-state index in [9.17, 15) is 9.59 Å². The van der Waals surface area contributed by atoms with Crippen LogP contribution < -0.4 is 5.32 Å². The van der Waals surface area contributed by atoms with Crippen LogP contribution in [0.2, 0.25) is 0 Å². The zero-order valence-corrected chi connectivity index (χ0v) is 17.9. The summed E-state index contributed by atoms with van der Waals surface area (Å²) >= 11 is 0. The van der Waals surface area contributed by atoms with Crippen molar-refractivity contribution in [3.8, 4) is 0 Å². The average molecular weight is 403 g/mol. The van der Waals surface area contributed by atoms with Gasteiger partial charge in [0.2, 0.25) is 11.8 Å². The molecular weight excluding hydrogens is 368 g/mol. The molecule has 4 rings (SSSR count). The highest BCUT2D eigenvalue weighted by molar-refractivity contribution is 5.87. The molecule has 4 heterocycles. The molecule has 1 aromatic rings. The van der Waals surface area contributed by atoms with Gasteiger partial charge in [-0.05, 0) is 58.4 Å². The highest BCUT2D eigenvalue weighted by atomic mass is 16.5. The van der Waals surface area contributed by atoms with E-state index in [1.807, 2.05) is 24.6 Å². The molecule has 29 heavy (non-hydrogen) atoms. The van der Waals surface area contributed by atoms with Crippen molar-refractivity contribution in [2.75, 3.05) is 13.2 Å². The number of aromatic nitrogens is 2. The summed E-state index contributed by atoms with van der Waals surface area (Å²) < 4.78 is 7.33. The Morgan fingerprint density at radius 3 is 2.66 bits per heavy atom. The minimum absolute atomic E-state index is 0.0327. The van der Waals surface area contributed by atoms with Crippen LogP contribution in [-0.4, -0.2) is 57.8 Å². The maximum atomic E-state index is 13.3. The molecule has 7 heteroatoms. The summed E-state index contributed by atoms with van der Waals surface area (Å²) in [5.41, 5.74) is 1.62. The van der Waals surface area contributed by atoms with Gasteiger partial charge in [0.25, 0.3) is 0 Å². The molecule has 1 aromatic heterocycles. The summed E-state index contributed by atoms with van der Waals surface area (Å²) in [7, 11) is 0. The van der Waals surface area contributed by atoms with Crippen molar-refractivity contribution in [3.05, 3.63) is 17.5 Å². The van der Waals surface area contributed by atoms with Gasteiger partial charge in [-0.2, -0.15) is 5.10 Å². The van der Waals surface area contributed by atoms with E-state index in [0.717, 1.165) is 49.9 Å². The van der Waals surface area contributed by atoms with Crippen molar-refractivity contribution in [3.63, 3.8) is 0 Å². The van der Waals surface area contributed by atoms with Crippen LogP contribution in [0.25, 0.3) is 0 Å². The van der Waals surface area contributed by atoms with E-state index in [0.29, 0.717) is 26.2 Å². The fourth-order valence-corrected chi connectivity index (χ4v) is 5.75. The third-order valence-electron chi connectivity index (χ3n) is 7.31. The van der Waals surface area contributed by atoms with Crippen molar-refractivity contribution in [1.82, 2.24) is 20.0 Å². The topological polar surface area (TPSA) is 76.5 Å². The van der Waals surface area contributed by atoms with Crippen molar-refractivity contribution in [2.24, 2.45) is 5.41 Å². The lowest BCUT2D eigenvalue weighted by Gasteiger charge is -2.37. The molecule has 0 unspecified atom stereocenters. The zero-order valence-electron chi connectivity index (χ0n) is 17.9. The van der Waals surface area contributed by atoms with Gasteiger partial charge in [-0.15, -0.1) is 0 Å². The number of carbonyl (C=O) groups is 2. The van der Waals surface area contributed by atoms with Crippen LogP contribution in [0.1, 0.15) is 63.3 Å². The highest BCUT2D eigenvalue weighted by Gasteiger charge is 2.60.